The van der Waals surface area contributed by atoms with Gasteiger partial charge in [0.15, 0.2) is 5.11 Å². The van der Waals surface area contributed by atoms with Crippen molar-refractivity contribution in [3.8, 4) is 0 Å². The standard InChI is InChI=1S/C21H18ClN3O2S/c1-24-20(27)16(19(26)23-21(24)28)11-13-6-7-18-14(10-13)8-9-25(18)12-15-4-2-3-5-17(15)22/h2-7,10-11H,8-9,12H2,1H3,(H,23,26,28)/b16-11+. The van der Waals surface area contributed by atoms with Crippen molar-refractivity contribution >= 4 is 52.5 Å². The van der Waals surface area contributed by atoms with Crippen LogP contribution in [0.15, 0.2) is 48.0 Å². The van der Waals surface area contributed by atoms with Crippen LogP contribution in [0.1, 0.15) is 16.7 Å². The van der Waals surface area contributed by atoms with Crippen LogP contribution in [-0.4, -0.2) is 35.4 Å². The van der Waals surface area contributed by atoms with Crippen molar-refractivity contribution in [2.45, 2.75) is 13.0 Å². The van der Waals surface area contributed by atoms with Crippen LogP contribution < -0.4 is 10.2 Å². The molecule has 2 amide bonds. The Morgan fingerprint density at radius 3 is 2.79 bits per heavy atom. The van der Waals surface area contributed by atoms with Crippen molar-refractivity contribution in [3.05, 3.63) is 69.8 Å². The lowest BCUT2D eigenvalue weighted by Crippen LogP contribution is -2.52. The summed E-state index contributed by atoms with van der Waals surface area (Å²) >= 11 is 11.3. The quantitative estimate of drug-likeness (QED) is 0.479. The monoisotopic (exact) mass is 411 g/mol. The second-order valence-corrected chi connectivity index (χ2v) is 7.63. The predicted molar refractivity (Wildman–Crippen MR) is 114 cm³/mol. The maximum Gasteiger partial charge on any atom is 0.265 e. The molecule has 142 valence electrons. The highest BCUT2D eigenvalue weighted by atomic mass is 35.5. The Bertz CT molecular complexity index is 1030. The number of rotatable bonds is 3. The van der Waals surface area contributed by atoms with E-state index in [2.05, 4.69) is 10.2 Å². The van der Waals surface area contributed by atoms with Gasteiger partial charge in [0.25, 0.3) is 11.8 Å². The number of likely N-dealkylation sites (N-methyl/N-ethyl adjacent to an activating group) is 1. The lowest BCUT2D eigenvalue weighted by Gasteiger charge is -2.25. The number of fused-ring (bicyclic) bond motifs is 1. The summed E-state index contributed by atoms with van der Waals surface area (Å²) in [6.45, 7) is 1.65. The van der Waals surface area contributed by atoms with E-state index in [0.29, 0.717) is 0 Å². The minimum atomic E-state index is -0.464. The molecular formula is C21H18ClN3O2S. The van der Waals surface area contributed by atoms with E-state index >= 15 is 0 Å². The van der Waals surface area contributed by atoms with Gasteiger partial charge < -0.3 is 4.90 Å². The molecule has 0 aromatic heterocycles. The van der Waals surface area contributed by atoms with Gasteiger partial charge in [0, 0.05) is 30.8 Å². The summed E-state index contributed by atoms with van der Waals surface area (Å²) in [6.07, 6.45) is 2.52. The second kappa shape index (κ2) is 7.37. The molecule has 28 heavy (non-hydrogen) atoms. The van der Waals surface area contributed by atoms with Crippen LogP contribution in [-0.2, 0) is 22.6 Å². The Balaban J connectivity index is 1.59. The molecule has 2 aliphatic heterocycles. The lowest BCUT2D eigenvalue weighted by molar-refractivity contribution is -0.128. The van der Waals surface area contributed by atoms with Gasteiger partial charge in [-0.25, -0.2) is 0 Å². The molecule has 1 saturated heterocycles. The number of amides is 2. The van der Waals surface area contributed by atoms with E-state index in [1.165, 1.54) is 10.5 Å². The molecule has 2 aromatic carbocycles. The SMILES string of the molecule is CN1C(=O)/C(=C/c2ccc3c(c2)CCN3Cc2ccccc2Cl)C(=O)NC1=S. The lowest BCUT2D eigenvalue weighted by atomic mass is 10.0. The first-order valence-electron chi connectivity index (χ1n) is 8.90. The summed E-state index contributed by atoms with van der Waals surface area (Å²) in [7, 11) is 1.55. The molecule has 1 fully saturated rings. The van der Waals surface area contributed by atoms with Crippen LogP contribution in [0.4, 0.5) is 5.69 Å². The van der Waals surface area contributed by atoms with Crippen LogP contribution in [0.25, 0.3) is 6.08 Å². The summed E-state index contributed by atoms with van der Waals surface area (Å²) in [5.41, 5.74) is 4.33. The topological polar surface area (TPSA) is 52.7 Å². The van der Waals surface area contributed by atoms with Gasteiger partial charge in [0.05, 0.1) is 0 Å². The zero-order chi connectivity index (χ0) is 19.8. The molecule has 0 spiro atoms. The Labute approximate surface area is 173 Å². The molecule has 0 unspecified atom stereocenters. The molecule has 2 aromatic rings. The molecule has 0 saturated carbocycles. The first-order valence-corrected chi connectivity index (χ1v) is 9.69. The largest absolute Gasteiger partial charge is 0.367 e. The fraction of sp³-hybridized carbons (Fsp3) is 0.190. The Hall–Kier alpha value is -2.70. The van der Waals surface area contributed by atoms with E-state index in [1.54, 1.807) is 13.1 Å². The van der Waals surface area contributed by atoms with E-state index in [1.807, 2.05) is 42.5 Å². The van der Waals surface area contributed by atoms with E-state index in [4.69, 9.17) is 23.8 Å². The van der Waals surface area contributed by atoms with Gasteiger partial charge in [-0.05, 0) is 59.6 Å². The number of nitrogens with zero attached hydrogens (tertiary/aromatic N) is 2. The maximum atomic E-state index is 12.4. The molecule has 7 heteroatoms. The highest BCUT2D eigenvalue weighted by Gasteiger charge is 2.31. The molecular weight excluding hydrogens is 394 g/mol. The van der Waals surface area contributed by atoms with E-state index in [-0.39, 0.29) is 10.7 Å². The van der Waals surface area contributed by atoms with Crippen LogP contribution in [0.3, 0.4) is 0 Å². The van der Waals surface area contributed by atoms with Crippen LogP contribution >= 0.6 is 23.8 Å². The second-order valence-electron chi connectivity index (χ2n) is 6.83. The van der Waals surface area contributed by atoms with E-state index in [9.17, 15) is 9.59 Å². The van der Waals surface area contributed by atoms with Crippen molar-refractivity contribution in [3.63, 3.8) is 0 Å². The first-order chi connectivity index (χ1) is 13.4. The molecule has 4 rings (SSSR count). The average molecular weight is 412 g/mol. The van der Waals surface area contributed by atoms with Crippen molar-refractivity contribution in [1.82, 2.24) is 10.2 Å². The smallest absolute Gasteiger partial charge is 0.265 e. The Morgan fingerprint density at radius 2 is 2.00 bits per heavy atom. The maximum absolute atomic E-state index is 12.4. The van der Waals surface area contributed by atoms with Crippen LogP contribution in [0.2, 0.25) is 5.02 Å². The first kappa shape index (κ1) is 18.7. The summed E-state index contributed by atoms with van der Waals surface area (Å²) in [5.74, 6) is -0.858. The normalized spacial score (nSPS) is 17.9. The number of benzene rings is 2. The summed E-state index contributed by atoms with van der Waals surface area (Å²) in [6, 6.07) is 13.8. The molecule has 0 aliphatic carbocycles. The number of hydrogen-bond acceptors (Lipinski definition) is 4. The number of carbonyl (C=O) groups is 2. The van der Waals surface area contributed by atoms with Crippen molar-refractivity contribution in [2.75, 3.05) is 18.5 Å². The van der Waals surface area contributed by atoms with Gasteiger partial charge in [-0.1, -0.05) is 35.9 Å². The van der Waals surface area contributed by atoms with Gasteiger partial charge in [0.1, 0.15) is 5.57 Å². The molecule has 0 radical (unpaired) electrons. The van der Waals surface area contributed by atoms with Gasteiger partial charge in [-0.3, -0.25) is 19.8 Å². The summed E-state index contributed by atoms with van der Waals surface area (Å²) < 4.78 is 0. The molecule has 1 N–H and O–H groups in total. The summed E-state index contributed by atoms with van der Waals surface area (Å²) in [5, 5.41) is 3.42. The van der Waals surface area contributed by atoms with Crippen LogP contribution in [0, 0.1) is 0 Å². The van der Waals surface area contributed by atoms with Gasteiger partial charge in [0.2, 0.25) is 0 Å². The number of halogens is 1. The predicted octanol–water partition coefficient (Wildman–Crippen LogP) is 3.16. The van der Waals surface area contributed by atoms with Crippen molar-refractivity contribution in [2.24, 2.45) is 0 Å². The number of nitrogens with one attached hydrogen (secondary N) is 1. The Kier molecular flexibility index (Phi) is 4.91. The fourth-order valence-electron chi connectivity index (χ4n) is 3.49. The average Bonchev–Trinajstić information content (AvgIpc) is 3.07. The third kappa shape index (κ3) is 3.41. The minimum Gasteiger partial charge on any atom is -0.367 e. The van der Waals surface area contributed by atoms with E-state index in [0.717, 1.165) is 41.3 Å². The van der Waals surface area contributed by atoms with Gasteiger partial charge >= 0.3 is 0 Å². The molecule has 0 bridgehead atoms. The Morgan fingerprint density at radius 1 is 1.21 bits per heavy atom. The third-order valence-corrected chi connectivity index (χ3v) is 5.77. The highest BCUT2D eigenvalue weighted by Crippen LogP contribution is 2.32. The molecule has 0 atom stereocenters. The van der Waals surface area contributed by atoms with Crippen molar-refractivity contribution < 1.29 is 9.59 Å². The third-order valence-electron chi connectivity index (χ3n) is 5.03. The molecule has 2 heterocycles. The molecule has 5 nitrogen and oxygen atoms in total. The number of anilines is 1. The summed E-state index contributed by atoms with van der Waals surface area (Å²) in [4.78, 5) is 28.1. The van der Waals surface area contributed by atoms with Crippen LogP contribution in [0.5, 0.6) is 0 Å². The fourth-order valence-corrected chi connectivity index (χ4v) is 3.86. The number of carbonyl (C=O) groups excluding carboxylic acids is 2. The van der Waals surface area contributed by atoms with E-state index < -0.39 is 11.8 Å². The number of thiocarbonyl (C=S) groups is 1. The van der Waals surface area contributed by atoms with Crippen molar-refractivity contribution in [1.29, 1.82) is 0 Å². The zero-order valence-electron chi connectivity index (χ0n) is 15.2. The highest BCUT2D eigenvalue weighted by molar-refractivity contribution is 7.80. The van der Waals surface area contributed by atoms with Gasteiger partial charge in [-0.2, -0.15) is 0 Å². The number of hydrogen-bond donors (Lipinski definition) is 1. The molecule has 2 aliphatic rings. The minimum absolute atomic E-state index is 0.0852. The van der Waals surface area contributed by atoms with Gasteiger partial charge in [-0.15, -0.1) is 0 Å². The zero-order valence-corrected chi connectivity index (χ0v) is 16.8.